The number of carbonyl (C=O) groups is 5. The number of benzene rings is 3. The van der Waals surface area contributed by atoms with Crippen LogP contribution in [0.25, 0.3) is 21.8 Å². The van der Waals surface area contributed by atoms with E-state index in [1.54, 1.807) is 12.4 Å². The van der Waals surface area contributed by atoms with Gasteiger partial charge in [-0.25, -0.2) is 4.79 Å². The van der Waals surface area contributed by atoms with Crippen LogP contribution in [0.15, 0.2) is 96.2 Å². The molecule has 16 heteroatoms. The van der Waals surface area contributed by atoms with Gasteiger partial charge in [0.15, 0.2) is 5.96 Å². The number of carbonyl (C=O) groups excluding carboxylic acids is 4. The number of guanidine groups is 1. The molecule has 0 fully saturated rings. The Bertz CT molecular complexity index is 2250. The molecular formula is C43H54N10O6. The Morgan fingerprint density at radius 2 is 1.14 bits per heavy atom. The Labute approximate surface area is 342 Å². The number of nitrogens with one attached hydrogen (secondary N) is 6. The van der Waals surface area contributed by atoms with Gasteiger partial charge < -0.3 is 53.5 Å². The topological polar surface area (TPSA) is 276 Å². The molecule has 16 nitrogen and oxygen atoms in total. The number of fused-ring (bicyclic) bond motifs is 2. The highest BCUT2D eigenvalue weighted by Crippen LogP contribution is 2.21. The minimum atomic E-state index is -1.33. The summed E-state index contributed by atoms with van der Waals surface area (Å²) in [6, 6.07) is 18.5. The minimum Gasteiger partial charge on any atom is -0.480 e. The highest BCUT2D eigenvalue weighted by Gasteiger charge is 2.33. The number of nitrogens with zero attached hydrogens (tertiary/aromatic N) is 1. The second kappa shape index (κ2) is 20.7. The van der Waals surface area contributed by atoms with Crippen LogP contribution in [0.1, 0.15) is 49.8 Å². The number of hydrogen-bond donors (Lipinski definition) is 10. The Morgan fingerprint density at radius 3 is 1.71 bits per heavy atom. The number of aliphatic carboxylic acids is 1. The molecule has 0 unspecified atom stereocenters. The first kappa shape index (κ1) is 43.4. The van der Waals surface area contributed by atoms with Crippen molar-refractivity contribution in [3.63, 3.8) is 0 Å². The number of carboxylic acids is 1. The Morgan fingerprint density at radius 1 is 0.644 bits per heavy atom. The van der Waals surface area contributed by atoms with Crippen LogP contribution in [0, 0.1) is 5.92 Å². The monoisotopic (exact) mass is 806 g/mol. The zero-order chi connectivity index (χ0) is 42.5. The summed E-state index contributed by atoms with van der Waals surface area (Å²) in [5, 5.41) is 22.8. The van der Waals surface area contributed by atoms with Gasteiger partial charge in [0.05, 0.1) is 6.04 Å². The molecule has 0 aliphatic rings. The quantitative estimate of drug-likeness (QED) is 0.0295. The van der Waals surface area contributed by atoms with Crippen molar-refractivity contribution in [3.8, 4) is 0 Å². The van der Waals surface area contributed by atoms with Gasteiger partial charge in [0.1, 0.15) is 24.2 Å². The summed E-state index contributed by atoms with van der Waals surface area (Å²) in [6.45, 7) is 3.90. The van der Waals surface area contributed by atoms with Gasteiger partial charge in [-0.05, 0) is 60.4 Å². The van der Waals surface area contributed by atoms with Crippen LogP contribution in [0.4, 0.5) is 0 Å². The Balaban J connectivity index is 1.35. The third kappa shape index (κ3) is 12.4. The first-order chi connectivity index (χ1) is 28.3. The van der Waals surface area contributed by atoms with Crippen LogP contribution >= 0.6 is 0 Å². The number of hydrogen-bond acceptors (Lipinski definition) is 7. The number of aromatic amines is 2. The van der Waals surface area contributed by atoms with E-state index in [1.807, 2.05) is 92.7 Å². The van der Waals surface area contributed by atoms with E-state index in [-0.39, 0.29) is 56.9 Å². The number of aromatic nitrogens is 2. The molecule has 4 amide bonds. The molecule has 59 heavy (non-hydrogen) atoms. The maximum atomic E-state index is 14.2. The molecule has 0 spiro atoms. The van der Waals surface area contributed by atoms with Crippen molar-refractivity contribution < 1.29 is 29.1 Å². The van der Waals surface area contributed by atoms with Gasteiger partial charge in [0, 0.05) is 53.6 Å². The zero-order valence-electron chi connectivity index (χ0n) is 33.2. The fourth-order valence-corrected chi connectivity index (χ4v) is 6.98. The van der Waals surface area contributed by atoms with Gasteiger partial charge >= 0.3 is 5.97 Å². The lowest BCUT2D eigenvalue weighted by Gasteiger charge is -2.27. The van der Waals surface area contributed by atoms with Crippen molar-refractivity contribution in [2.24, 2.45) is 28.1 Å². The molecule has 2 heterocycles. The van der Waals surface area contributed by atoms with Crippen LogP contribution in [0.3, 0.4) is 0 Å². The van der Waals surface area contributed by atoms with E-state index in [1.165, 1.54) is 0 Å². The van der Waals surface area contributed by atoms with E-state index >= 15 is 0 Å². The van der Waals surface area contributed by atoms with Crippen molar-refractivity contribution in [1.82, 2.24) is 31.2 Å². The third-order valence-corrected chi connectivity index (χ3v) is 10.00. The Kier molecular flexibility index (Phi) is 15.2. The predicted octanol–water partition coefficient (Wildman–Crippen LogP) is 2.13. The molecule has 2 aromatic heterocycles. The van der Waals surface area contributed by atoms with Crippen molar-refractivity contribution in [2.75, 3.05) is 6.54 Å². The van der Waals surface area contributed by atoms with E-state index in [0.29, 0.717) is 5.56 Å². The standard InChI is InChI=1S/C43H54N10O6/c1-25(2)19-35(52-41(57)36(21-27-23-48-32-15-8-6-13-29(27)32)51-38(54)31(44)20-26-11-4-3-5-12-26)40(56)50-34(17-10-18-47-43(45)46)39(55)53-37(42(58)59)22-28-24-49-33-16-9-7-14-30(28)33/h3-9,11-16,23-25,31,34-37,48-49H,10,17-22,44H2,1-2H3,(H,50,56)(H,51,54)(H,52,57)(H,53,55)(H,58,59)(H4,45,46,47)/t31-,34+,35+,36+,37+/m1/s1. The molecule has 0 aliphatic heterocycles. The molecule has 0 aliphatic carbocycles. The van der Waals surface area contributed by atoms with Crippen molar-refractivity contribution in [1.29, 1.82) is 0 Å². The second-order valence-corrected chi connectivity index (χ2v) is 15.1. The predicted molar refractivity (Wildman–Crippen MR) is 227 cm³/mol. The lowest BCUT2D eigenvalue weighted by Crippen LogP contribution is -2.59. The first-order valence-corrected chi connectivity index (χ1v) is 19.7. The molecule has 3 aromatic carbocycles. The SMILES string of the molecule is CC(C)C[C@H](NC(=O)[C@H](Cc1c[nH]c2ccccc12)NC(=O)[C@H](N)Cc1ccccc1)C(=O)N[C@@H](CCCN=C(N)N)C(=O)N[C@@H](Cc1c[nH]c2ccccc12)C(=O)O. The molecule has 0 saturated carbocycles. The van der Waals surface area contributed by atoms with E-state index < -0.39 is 59.8 Å². The van der Waals surface area contributed by atoms with E-state index in [0.717, 1.165) is 32.9 Å². The lowest BCUT2D eigenvalue weighted by molar-refractivity contribution is -0.142. The molecule has 5 rings (SSSR count). The van der Waals surface area contributed by atoms with Crippen LogP contribution in [0.5, 0.6) is 0 Å². The molecule has 0 bridgehead atoms. The van der Waals surface area contributed by atoms with Gasteiger partial charge in [-0.3, -0.25) is 24.2 Å². The molecular weight excluding hydrogens is 753 g/mol. The summed E-state index contributed by atoms with van der Waals surface area (Å²) >= 11 is 0. The third-order valence-electron chi connectivity index (χ3n) is 10.00. The maximum absolute atomic E-state index is 14.2. The summed E-state index contributed by atoms with van der Waals surface area (Å²) in [4.78, 5) is 78.5. The average Bonchev–Trinajstić information content (AvgIpc) is 3.81. The summed E-state index contributed by atoms with van der Waals surface area (Å²) in [6.07, 6.45) is 4.26. The summed E-state index contributed by atoms with van der Waals surface area (Å²) in [5.74, 6) is -4.07. The van der Waals surface area contributed by atoms with Gasteiger partial charge in [0.2, 0.25) is 23.6 Å². The number of rotatable bonds is 21. The molecule has 5 atom stereocenters. The van der Waals surface area contributed by atoms with E-state index in [4.69, 9.17) is 17.2 Å². The summed E-state index contributed by atoms with van der Waals surface area (Å²) in [7, 11) is 0. The van der Waals surface area contributed by atoms with Gasteiger partial charge in [-0.2, -0.15) is 0 Å². The highest BCUT2D eigenvalue weighted by atomic mass is 16.4. The van der Waals surface area contributed by atoms with Crippen molar-refractivity contribution >= 4 is 57.4 Å². The van der Waals surface area contributed by atoms with E-state index in [2.05, 4.69) is 36.2 Å². The largest absolute Gasteiger partial charge is 0.480 e. The molecule has 0 radical (unpaired) electrons. The van der Waals surface area contributed by atoms with Crippen LogP contribution in [-0.2, 0) is 43.2 Å². The number of carboxylic acid groups (broad SMARTS) is 1. The lowest BCUT2D eigenvalue weighted by atomic mass is 9.99. The second-order valence-electron chi connectivity index (χ2n) is 15.1. The minimum absolute atomic E-state index is 0.0235. The zero-order valence-corrected chi connectivity index (χ0v) is 33.2. The van der Waals surface area contributed by atoms with Crippen LogP contribution < -0.4 is 38.5 Å². The number of amides is 4. The normalized spacial score (nSPS) is 13.8. The number of para-hydroxylation sites is 2. The number of aliphatic imine (C=N–C) groups is 1. The molecule has 0 saturated heterocycles. The fraction of sp³-hybridized carbons (Fsp3) is 0.349. The maximum Gasteiger partial charge on any atom is 0.326 e. The first-order valence-electron chi connectivity index (χ1n) is 19.7. The van der Waals surface area contributed by atoms with Crippen LogP contribution in [0.2, 0.25) is 0 Å². The van der Waals surface area contributed by atoms with Crippen LogP contribution in [-0.4, -0.2) is 87.4 Å². The summed E-state index contributed by atoms with van der Waals surface area (Å²) < 4.78 is 0. The van der Waals surface area contributed by atoms with Gasteiger partial charge in [-0.15, -0.1) is 0 Å². The fourth-order valence-electron chi connectivity index (χ4n) is 6.98. The molecule has 13 N–H and O–H groups in total. The van der Waals surface area contributed by atoms with Crippen molar-refractivity contribution in [2.45, 2.75) is 82.6 Å². The summed E-state index contributed by atoms with van der Waals surface area (Å²) in [5.41, 5.74) is 21.3. The highest BCUT2D eigenvalue weighted by molar-refractivity contribution is 5.96. The number of nitrogens with two attached hydrogens (primary N) is 3. The number of H-pyrrole nitrogens is 2. The van der Waals surface area contributed by atoms with Gasteiger partial charge in [0.25, 0.3) is 0 Å². The smallest absolute Gasteiger partial charge is 0.326 e. The van der Waals surface area contributed by atoms with Crippen molar-refractivity contribution in [3.05, 3.63) is 108 Å². The average molecular weight is 807 g/mol. The molecule has 312 valence electrons. The Hall–Kier alpha value is -6.68. The van der Waals surface area contributed by atoms with Gasteiger partial charge in [-0.1, -0.05) is 80.6 Å². The van der Waals surface area contributed by atoms with E-state index in [9.17, 15) is 29.1 Å². The molecule has 5 aromatic rings.